The molecule has 8 heteroatoms. The zero-order chi connectivity index (χ0) is 19.6. The zero-order valence-corrected chi connectivity index (χ0v) is 17.2. The van der Waals surface area contributed by atoms with Gasteiger partial charge in [0.2, 0.25) is 10.0 Å². The second-order valence-corrected chi connectivity index (χ2v) is 8.88. The van der Waals surface area contributed by atoms with Gasteiger partial charge in [0.05, 0.1) is 17.3 Å². The first-order valence-electron chi connectivity index (χ1n) is 8.28. The van der Waals surface area contributed by atoms with E-state index in [0.717, 1.165) is 22.5 Å². The Balaban J connectivity index is 1.74. The average molecular weight is 424 g/mol. The molecule has 0 atom stereocenters. The van der Waals surface area contributed by atoms with Crippen LogP contribution in [0.2, 0.25) is 10.0 Å². The third kappa shape index (κ3) is 4.90. The molecule has 0 amide bonds. The molecule has 27 heavy (non-hydrogen) atoms. The van der Waals surface area contributed by atoms with Gasteiger partial charge in [-0.3, -0.25) is 4.68 Å². The summed E-state index contributed by atoms with van der Waals surface area (Å²) >= 11 is 11.9. The van der Waals surface area contributed by atoms with Gasteiger partial charge in [-0.2, -0.15) is 5.10 Å². The number of hydrogen-bond donors (Lipinski definition) is 1. The molecule has 3 aromatic rings. The molecule has 0 fully saturated rings. The standard InChI is InChI=1S/C19H19Cl2N3O2S/c1-13-8-14(2)24(23-13)12-16-5-3-4-15(9-16)11-22-27(25,26)19-10-17(20)6-7-18(19)21/h3-10,22H,11-12H2,1-2H3. The Morgan fingerprint density at radius 2 is 1.78 bits per heavy atom. The quantitative estimate of drug-likeness (QED) is 0.641. The Morgan fingerprint density at radius 3 is 2.48 bits per heavy atom. The van der Waals surface area contributed by atoms with E-state index in [4.69, 9.17) is 23.2 Å². The summed E-state index contributed by atoms with van der Waals surface area (Å²) in [6.45, 7) is 4.74. The molecule has 2 aromatic carbocycles. The lowest BCUT2D eigenvalue weighted by atomic mass is 10.1. The summed E-state index contributed by atoms with van der Waals surface area (Å²) in [6.07, 6.45) is 0. The van der Waals surface area contributed by atoms with E-state index in [0.29, 0.717) is 11.6 Å². The third-order valence-electron chi connectivity index (χ3n) is 4.08. The normalized spacial score (nSPS) is 11.7. The first-order chi connectivity index (χ1) is 12.7. The molecular weight excluding hydrogens is 405 g/mol. The highest BCUT2D eigenvalue weighted by atomic mass is 35.5. The van der Waals surface area contributed by atoms with Crippen LogP contribution in [-0.2, 0) is 23.1 Å². The summed E-state index contributed by atoms with van der Waals surface area (Å²) in [4.78, 5) is -0.0320. The minimum atomic E-state index is -3.77. The van der Waals surface area contributed by atoms with Crippen LogP contribution in [0.25, 0.3) is 0 Å². The Kier molecular flexibility index (Phi) is 5.91. The van der Waals surface area contributed by atoms with Gasteiger partial charge < -0.3 is 0 Å². The average Bonchev–Trinajstić information content (AvgIpc) is 2.93. The highest BCUT2D eigenvalue weighted by Gasteiger charge is 2.18. The number of hydrogen-bond acceptors (Lipinski definition) is 3. The van der Waals surface area contributed by atoms with E-state index in [9.17, 15) is 8.42 Å². The van der Waals surface area contributed by atoms with Crippen molar-refractivity contribution < 1.29 is 8.42 Å². The van der Waals surface area contributed by atoms with Gasteiger partial charge in [-0.1, -0.05) is 47.5 Å². The fourth-order valence-corrected chi connectivity index (χ4v) is 4.56. The van der Waals surface area contributed by atoms with Gasteiger partial charge in [0, 0.05) is 17.3 Å². The van der Waals surface area contributed by atoms with Crippen molar-refractivity contribution >= 4 is 33.2 Å². The number of sulfonamides is 1. The SMILES string of the molecule is Cc1cc(C)n(Cc2cccc(CNS(=O)(=O)c3cc(Cl)ccc3Cl)c2)n1. The molecule has 142 valence electrons. The maximum absolute atomic E-state index is 12.5. The lowest BCUT2D eigenvalue weighted by Gasteiger charge is -2.10. The summed E-state index contributed by atoms with van der Waals surface area (Å²) in [5.74, 6) is 0. The van der Waals surface area contributed by atoms with Crippen molar-refractivity contribution in [3.05, 3.63) is 81.1 Å². The van der Waals surface area contributed by atoms with E-state index in [2.05, 4.69) is 9.82 Å². The van der Waals surface area contributed by atoms with Gasteiger partial charge in [0.25, 0.3) is 0 Å². The topological polar surface area (TPSA) is 64.0 Å². The smallest absolute Gasteiger partial charge is 0.242 e. The molecule has 3 rings (SSSR count). The van der Waals surface area contributed by atoms with E-state index < -0.39 is 10.0 Å². The van der Waals surface area contributed by atoms with Crippen LogP contribution in [-0.4, -0.2) is 18.2 Å². The number of nitrogens with zero attached hydrogens (tertiary/aromatic N) is 2. The largest absolute Gasteiger partial charge is 0.265 e. The molecule has 5 nitrogen and oxygen atoms in total. The van der Waals surface area contributed by atoms with Crippen LogP contribution < -0.4 is 4.72 Å². The Labute approximate surface area is 169 Å². The highest BCUT2D eigenvalue weighted by Crippen LogP contribution is 2.25. The minimum absolute atomic E-state index is 0.0320. The van der Waals surface area contributed by atoms with Crippen LogP contribution in [0, 0.1) is 13.8 Å². The summed E-state index contributed by atoms with van der Waals surface area (Å²) < 4.78 is 29.6. The van der Waals surface area contributed by atoms with E-state index in [1.807, 2.05) is 48.9 Å². The lowest BCUT2D eigenvalue weighted by Crippen LogP contribution is -2.23. The van der Waals surface area contributed by atoms with Gasteiger partial charge in [0.1, 0.15) is 4.90 Å². The van der Waals surface area contributed by atoms with E-state index in [-0.39, 0.29) is 16.5 Å². The van der Waals surface area contributed by atoms with Crippen molar-refractivity contribution in [3.8, 4) is 0 Å². The highest BCUT2D eigenvalue weighted by molar-refractivity contribution is 7.89. The van der Waals surface area contributed by atoms with Crippen LogP contribution in [0.5, 0.6) is 0 Å². The molecule has 0 aliphatic rings. The van der Waals surface area contributed by atoms with Crippen molar-refractivity contribution in [2.24, 2.45) is 0 Å². The van der Waals surface area contributed by atoms with Gasteiger partial charge in [0.15, 0.2) is 0 Å². The number of rotatable bonds is 6. The Hall–Kier alpha value is -1.86. The fourth-order valence-electron chi connectivity index (χ4n) is 2.79. The zero-order valence-electron chi connectivity index (χ0n) is 14.9. The number of aromatic nitrogens is 2. The van der Waals surface area contributed by atoms with E-state index in [1.54, 1.807) is 6.07 Å². The van der Waals surface area contributed by atoms with Gasteiger partial charge in [-0.15, -0.1) is 0 Å². The van der Waals surface area contributed by atoms with Crippen LogP contribution >= 0.6 is 23.2 Å². The van der Waals surface area contributed by atoms with Gasteiger partial charge in [-0.25, -0.2) is 13.1 Å². The molecule has 0 aliphatic carbocycles. The fraction of sp³-hybridized carbons (Fsp3) is 0.211. The van der Waals surface area contributed by atoms with Crippen molar-refractivity contribution in [1.29, 1.82) is 0 Å². The first-order valence-corrected chi connectivity index (χ1v) is 10.5. The predicted molar refractivity (Wildman–Crippen MR) is 108 cm³/mol. The van der Waals surface area contributed by atoms with Crippen LogP contribution in [0.3, 0.4) is 0 Å². The molecule has 0 spiro atoms. The van der Waals surface area contributed by atoms with E-state index >= 15 is 0 Å². The molecule has 0 bridgehead atoms. The Morgan fingerprint density at radius 1 is 1.04 bits per heavy atom. The number of benzene rings is 2. The predicted octanol–water partition coefficient (Wildman–Crippen LogP) is 4.33. The number of halogens is 2. The molecule has 0 radical (unpaired) electrons. The third-order valence-corrected chi connectivity index (χ3v) is 6.19. The molecular formula is C19H19Cl2N3O2S. The molecule has 1 N–H and O–H groups in total. The Bertz CT molecular complexity index is 1080. The summed E-state index contributed by atoms with van der Waals surface area (Å²) in [7, 11) is -3.77. The van der Waals surface area contributed by atoms with Crippen LogP contribution in [0.4, 0.5) is 0 Å². The van der Waals surface area contributed by atoms with Crippen molar-refractivity contribution in [3.63, 3.8) is 0 Å². The summed E-state index contributed by atoms with van der Waals surface area (Å²) in [5.41, 5.74) is 3.93. The summed E-state index contributed by atoms with van der Waals surface area (Å²) in [6, 6.07) is 14.1. The van der Waals surface area contributed by atoms with Crippen molar-refractivity contribution in [2.75, 3.05) is 0 Å². The lowest BCUT2D eigenvalue weighted by molar-refractivity contribution is 0.581. The van der Waals surface area contributed by atoms with Crippen molar-refractivity contribution in [2.45, 2.75) is 31.8 Å². The van der Waals surface area contributed by atoms with E-state index in [1.165, 1.54) is 12.1 Å². The van der Waals surface area contributed by atoms with Crippen LogP contribution in [0.15, 0.2) is 53.4 Å². The van der Waals surface area contributed by atoms with Gasteiger partial charge >= 0.3 is 0 Å². The molecule has 0 aliphatic heterocycles. The molecule has 0 unspecified atom stereocenters. The van der Waals surface area contributed by atoms with Crippen LogP contribution in [0.1, 0.15) is 22.5 Å². The van der Waals surface area contributed by atoms with Gasteiger partial charge in [-0.05, 0) is 49.2 Å². The summed E-state index contributed by atoms with van der Waals surface area (Å²) in [5, 5.41) is 4.90. The second-order valence-electron chi connectivity index (χ2n) is 6.30. The maximum atomic E-state index is 12.5. The maximum Gasteiger partial charge on any atom is 0.242 e. The minimum Gasteiger partial charge on any atom is -0.265 e. The molecule has 0 saturated heterocycles. The number of aryl methyl sites for hydroxylation is 2. The first kappa shape index (κ1) is 19.9. The second kappa shape index (κ2) is 8.02. The van der Waals surface area contributed by atoms with Crippen molar-refractivity contribution in [1.82, 2.24) is 14.5 Å². The monoisotopic (exact) mass is 423 g/mol. The molecule has 1 aromatic heterocycles. The molecule has 0 saturated carbocycles. The number of nitrogens with one attached hydrogen (secondary N) is 1. The molecule has 1 heterocycles.